The van der Waals surface area contributed by atoms with E-state index in [2.05, 4.69) is 45.2 Å². The van der Waals surface area contributed by atoms with Crippen molar-refractivity contribution in [3.8, 4) is 0 Å². The van der Waals surface area contributed by atoms with Crippen molar-refractivity contribution in [3.05, 3.63) is 63.1 Å². The molecule has 1 aliphatic rings. The van der Waals surface area contributed by atoms with Crippen molar-refractivity contribution < 1.29 is 9.53 Å². The Bertz CT molecular complexity index is 746. The van der Waals surface area contributed by atoms with Crippen molar-refractivity contribution in [1.29, 1.82) is 0 Å². The number of anilines is 1. The summed E-state index contributed by atoms with van der Waals surface area (Å²) in [5.41, 5.74) is 2.42. The van der Waals surface area contributed by atoms with Gasteiger partial charge in [0.1, 0.15) is 0 Å². The molecule has 1 atom stereocenters. The molecule has 132 valence electrons. The lowest BCUT2D eigenvalue weighted by Gasteiger charge is -2.32. The molecule has 3 rings (SSSR count). The molecule has 4 nitrogen and oxygen atoms in total. The standard InChI is InChI=1S/C19H20BrClN2O2/c1-13(23-8-10-25-11-9-23)14-2-5-16(6-3-14)22-19(24)17-12-15(20)4-7-18(17)21/h2-7,12-13H,8-11H2,1H3,(H,22,24). The Labute approximate surface area is 161 Å². The van der Waals surface area contributed by atoms with Crippen LogP contribution in [0.1, 0.15) is 28.9 Å². The quantitative estimate of drug-likeness (QED) is 0.772. The highest BCUT2D eigenvalue weighted by atomic mass is 79.9. The first-order valence-corrected chi connectivity index (χ1v) is 9.40. The van der Waals surface area contributed by atoms with Gasteiger partial charge in [0.25, 0.3) is 5.91 Å². The first kappa shape index (κ1) is 18.4. The molecule has 25 heavy (non-hydrogen) atoms. The van der Waals surface area contributed by atoms with Gasteiger partial charge in [0, 0.05) is 29.3 Å². The van der Waals surface area contributed by atoms with E-state index in [4.69, 9.17) is 16.3 Å². The van der Waals surface area contributed by atoms with E-state index >= 15 is 0 Å². The lowest BCUT2D eigenvalue weighted by molar-refractivity contribution is 0.0198. The van der Waals surface area contributed by atoms with Gasteiger partial charge in [0.2, 0.25) is 0 Å². The second kappa shape index (κ2) is 8.32. The molecule has 6 heteroatoms. The molecule has 0 radical (unpaired) electrons. The normalized spacial score (nSPS) is 16.4. The number of benzene rings is 2. The van der Waals surface area contributed by atoms with E-state index in [0.717, 1.165) is 36.5 Å². The van der Waals surface area contributed by atoms with Crippen LogP contribution < -0.4 is 5.32 Å². The number of nitrogens with one attached hydrogen (secondary N) is 1. The number of amides is 1. The highest BCUT2D eigenvalue weighted by Crippen LogP contribution is 2.24. The topological polar surface area (TPSA) is 41.6 Å². The van der Waals surface area contributed by atoms with Gasteiger partial charge < -0.3 is 10.1 Å². The maximum Gasteiger partial charge on any atom is 0.257 e. The Morgan fingerprint density at radius 3 is 2.56 bits per heavy atom. The number of ether oxygens (including phenoxy) is 1. The number of rotatable bonds is 4. The van der Waals surface area contributed by atoms with E-state index in [-0.39, 0.29) is 5.91 Å². The Morgan fingerprint density at radius 2 is 1.88 bits per heavy atom. The summed E-state index contributed by atoms with van der Waals surface area (Å²) in [4.78, 5) is 14.8. The number of carbonyl (C=O) groups is 1. The van der Waals surface area contributed by atoms with Gasteiger partial charge in [-0.05, 0) is 42.8 Å². The van der Waals surface area contributed by atoms with Crippen molar-refractivity contribution >= 4 is 39.1 Å². The summed E-state index contributed by atoms with van der Waals surface area (Å²) in [6, 6.07) is 13.5. The Balaban J connectivity index is 1.68. The zero-order valence-electron chi connectivity index (χ0n) is 14.0. The molecule has 1 fully saturated rings. The summed E-state index contributed by atoms with van der Waals surface area (Å²) >= 11 is 9.47. The predicted octanol–water partition coefficient (Wildman–Crippen LogP) is 4.75. The number of halogens is 2. The average molecular weight is 424 g/mol. The summed E-state index contributed by atoms with van der Waals surface area (Å²) < 4.78 is 6.22. The number of hydrogen-bond donors (Lipinski definition) is 1. The molecule has 0 aliphatic carbocycles. The fourth-order valence-electron chi connectivity index (χ4n) is 2.89. The fourth-order valence-corrected chi connectivity index (χ4v) is 3.45. The van der Waals surface area contributed by atoms with Crippen molar-refractivity contribution in [1.82, 2.24) is 4.90 Å². The third-order valence-corrected chi connectivity index (χ3v) is 5.24. The average Bonchev–Trinajstić information content (AvgIpc) is 2.64. The third kappa shape index (κ3) is 4.61. The molecule has 1 N–H and O–H groups in total. The smallest absolute Gasteiger partial charge is 0.257 e. The van der Waals surface area contributed by atoms with Crippen molar-refractivity contribution in [2.45, 2.75) is 13.0 Å². The van der Waals surface area contributed by atoms with Crippen molar-refractivity contribution in [3.63, 3.8) is 0 Å². The number of morpholine rings is 1. The van der Waals surface area contributed by atoms with Crippen LogP contribution in [-0.2, 0) is 4.74 Å². The largest absolute Gasteiger partial charge is 0.379 e. The molecule has 2 aromatic rings. The van der Waals surface area contributed by atoms with Gasteiger partial charge in [-0.25, -0.2) is 0 Å². The highest BCUT2D eigenvalue weighted by Gasteiger charge is 2.18. The summed E-state index contributed by atoms with van der Waals surface area (Å²) in [7, 11) is 0. The van der Waals surface area contributed by atoms with Crippen LogP contribution in [0.4, 0.5) is 5.69 Å². The first-order valence-electron chi connectivity index (χ1n) is 8.23. The minimum Gasteiger partial charge on any atom is -0.379 e. The number of nitrogens with zero attached hydrogens (tertiary/aromatic N) is 1. The summed E-state index contributed by atoms with van der Waals surface area (Å²) in [6.45, 7) is 5.65. The highest BCUT2D eigenvalue weighted by molar-refractivity contribution is 9.10. The van der Waals surface area contributed by atoms with Crippen LogP contribution in [-0.4, -0.2) is 37.1 Å². The molecule has 2 aromatic carbocycles. The van der Waals surface area contributed by atoms with E-state index in [1.807, 2.05) is 12.1 Å². The second-order valence-corrected chi connectivity index (χ2v) is 7.35. The molecule has 1 unspecified atom stereocenters. The molecule has 1 aliphatic heterocycles. The van der Waals surface area contributed by atoms with E-state index in [1.54, 1.807) is 18.2 Å². The summed E-state index contributed by atoms with van der Waals surface area (Å²) in [6.07, 6.45) is 0. The van der Waals surface area contributed by atoms with Crippen molar-refractivity contribution in [2.24, 2.45) is 0 Å². The van der Waals surface area contributed by atoms with Gasteiger partial charge in [-0.1, -0.05) is 39.7 Å². The van der Waals surface area contributed by atoms with Crippen LogP contribution in [0.3, 0.4) is 0 Å². The molecular formula is C19H20BrClN2O2. The SMILES string of the molecule is CC(c1ccc(NC(=O)c2cc(Br)ccc2Cl)cc1)N1CCOCC1. The van der Waals surface area contributed by atoms with Gasteiger partial charge in [-0.15, -0.1) is 0 Å². The predicted molar refractivity (Wildman–Crippen MR) is 104 cm³/mol. The van der Waals surface area contributed by atoms with E-state index in [0.29, 0.717) is 16.6 Å². The van der Waals surface area contributed by atoms with E-state index in [1.165, 1.54) is 5.56 Å². The van der Waals surface area contributed by atoms with Gasteiger partial charge in [-0.2, -0.15) is 0 Å². The van der Waals surface area contributed by atoms with Gasteiger partial charge in [0.15, 0.2) is 0 Å². The van der Waals surface area contributed by atoms with E-state index < -0.39 is 0 Å². The maximum absolute atomic E-state index is 12.4. The lowest BCUT2D eigenvalue weighted by Crippen LogP contribution is -2.37. The van der Waals surface area contributed by atoms with Crippen LogP contribution in [0.15, 0.2) is 46.9 Å². The second-order valence-electron chi connectivity index (χ2n) is 6.02. The molecule has 0 bridgehead atoms. The van der Waals surface area contributed by atoms with Gasteiger partial charge >= 0.3 is 0 Å². The van der Waals surface area contributed by atoms with Crippen LogP contribution in [0.5, 0.6) is 0 Å². The Hall–Kier alpha value is -1.40. The molecular weight excluding hydrogens is 404 g/mol. The molecule has 0 aromatic heterocycles. The summed E-state index contributed by atoms with van der Waals surface area (Å²) in [5.74, 6) is -0.222. The van der Waals surface area contributed by atoms with Crippen LogP contribution in [0.2, 0.25) is 5.02 Å². The molecule has 0 saturated carbocycles. The zero-order chi connectivity index (χ0) is 17.8. The summed E-state index contributed by atoms with van der Waals surface area (Å²) in [5, 5.41) is 3.32. The fraction of sp³-hybridized carbons (Fsp3) is 0.316. The molecule has 1 amide bonds. The molecule has 0 spiro atoms. The monoisotopic (exact) mass is 422 g/mol. The lowest BCUT2D eigenvalue weighted by atomic mass is 10.1. The minimum atomic E-state index is -0.222. The number of carbonyl (C=O) groups excluding carboxylic acids is 1. The minimum absolute atomic E-state index is 0.222. The van der Waals surface area contributed by atoms with Crippen LogP contribution >= 0.6 is 27.5 Å². The van der Waals surface area contributed by atoms with Gasteiger partial charge in [-0.3, -0.25) is 9.69 Å². The van der Waals surface area contributed by atoms with Crippen LogP contribution in [0, 0.1) is 0 Å². The maximum atomic E-state index is 12.4. The Kier molecular flexibility index (Phi) is 6.12. The third-order valence-electron chi connectivity index (χ3n) is 4.42. The van der Waals surface area contributed by atoms with Crippen LogP contribution in [0.25, 0.3) is 0 Å². The van der Waals surface area contributed by atoms with Gasteiger partial charge in [0.05, 0.1) is 23.8 Å². The van der Waals surface area contributed by atoms with Crippen molar-refractivity contribution in [2.75, 3.05) is 31.6 Å². The number of hydrogen-bond acceptors (Lipinski definition) is 3. The first-order chi connectivity index (χ1) is 12.0. The zero-order valence-corrected chi connectivity index (χ0v) is 16.3. The molecule has 1 saturated heterocycles. The Morgan fingerprint density at radius 1 is 1.20 bits per heavy atom. The van der Waals surface area contributed by atoms with E-state index in [9.17, 15) is 4.79 Å². The molecule has 1 heterocycles.